The molecule has 0 saturated carbocycles. The van der Waals surface area contributed by atoms with Gasteiger partial charge in [0, 0.05) is 12.5 Å². The molecule has 0 radical (unpaired) electrons. The van der Waals surface area contributed by atoms with Gasteiger partial charge in [-0.1, -0.05) is 54.6 Å². The van der Waals surface area contributed by atoms with Crippen LogP contribution in [0.4, 0.5) is 4.79 Å². The fourth-order valence-electron chi connectivity index (χ4n) is 3.86. The van der Waals surface area contributed by atoms with Gasteiger partial charge in [-0.25, -0.2) is 9.59 Å². The molecule has 0 bridgehead atoms. The Morgan fingerprint density at radius 1 is 1.06 bits per heavy atom. The number of nitrogens with one attached hydrogen (secondary N) is 2. The van der Waals surface area contributed by atoms with E-state index in [1.165, 1.54) is 0 Å². The Labute approximate surface area is 192 Å². The topological polar surface area (TPSA) is 114 Å². The summed E-state index contributed by atoms with van der Waals surface area (Å²) in [5.74, 6) is -1.55. The molecule has 1 unspecified atom stereocenters. The first kappa shape index (κ1) is 24.0. The van der Waals surface area contributed by atoms with Crippen molar-refractivity contribution in [2.75, 3.05) is 26.4 Å². The Morgan fingerprint density at radius 3 is 2.30 bits per heavy atom. The molecule has 0 aliphatic heterocycles. The lowest BCUT2D eigenvalue weighted by Crippen LogP contribution is -2.47. The fourth-order valence-corrected chi connectivity index (χ4v) is 3.86. The standard InChI is InChI=1S/C25H28N2O6/c1-2-3-12-22(24(30)26-13-14-32-16-23(28)29)27-25(31)33-15-21-19-10-6-4-8-17(19)18-9-5-7-11-20(18)21/h2,4-11,21-22H,1,3,12-16H2,(H,26,30)(H,27,31)(H,28,29). The van der Waals surface area contributed by atoms with Crippen molar-refractivity contribution in [1.29, 1.82) is 0 Å². The highest BCUT2D eigenvalue weighted by Crippen LogP contribution is 2.44. The molecular weight excluding hydrogens is 424 g/mol. The highest BCUT2D eigenvalue weighted by Gasteiger charge is 2.29. The fraction of sp³-hybridized carbons (Fsp3) is 0.320. The Bertz CT molecular complexity index is 960. The highest BCUT2D eigenvalue weighted by atomic mass is 16.5. The summed E-state index contributed by atoms with van der Waals surface area (Å²) in [4.78, 5) is 35.5. The van der Waals surface area contributed by atoms with E-state index in [1.807, 2.05) is 36.4 Å². The number of carboxylic acid groups (broad SMARTS) is 1. The van der Waals surface area contributed by atoms with Gasteiger partial charge in [0.25, 0.3) is 0 Å². The van der Waals surface area contributed by atoms with Gasteiger partial charge in [0.15, 0.2) is 0 Å². The summed E-state index contributed by atoms with van der Waals surface area (Å²) >= 11 is 0. The van der Waals surface area contributed by atoms with Crippen molar-refractivity contribution >= 4 is 18.0 Å². The number of rotatable bonds is 12. The molecular formula is C25H28N2O6. The van der Waals surface area contributed by atoms with E-state index in [9.17, 15) is 14.4 Å². The SMILES string of the molecule is C=CCCC(NC(=O)OCC1c2ccccc2-c2ccccc21)C(=O)NCCOCC(=O)O. The van der Waals surface area contributed by atoms with Crippen LogP contribution in [0.25, 0.3) is 11.1 Å². The normalized spacial score (nSPS) is 12.8. The number of hydrogen-bond acceptors (Lipinski definition) is 5. The number of carboxylic acids is 1. The van der Waals surface area contributed by atoms with Crippen LogP contribution in [-0.4, -0.2) is 55.5 Å². The van der Waals surface area contributed by atoms with E-state index >= 15 is 0 Å². The third-order valence-electron chi connectivity index (χ3n) is 5.38. The van der Waals surface area contributed by atoms with Gasteiger partial charge >= 0.3 is 12.1 Å². The summed E-state index contributed by atoms with van der Waals surface area (Å²) < 4.78 is 10.4. The first-order valence-electron chi connectivity index (χ1n) is 10.8. The molecule has 1 aliphatic rings. The van der Waals surface area contributed by atoms with Crippen molar-refractivity contribution in [2.45, 2.75) is 24.8 Å². The van der Waals surface area contributed by atoms with Gasteiger partial charge in [0.1, 0.15) is 19.3 Å². The van der Waals surface area contributed by atoms with Gasteiger partial charge in [0.05, 0.1) is 6.61 Å². The van der Waals surface area contributed by atoms with Crippen LogP contribution >= 0.6 is 0 Å². The van der Waals surface area contributed by atoms with Crippen molar-refractivity contribution in [3.05, 3.63) is 72.3 Å². The monoisotopic (exact) mass is 452 g/mol. The molecule has 174 valence electrons. The molecule has 3 rings (SSSR count). The third kappa shape index (κ3) is 6.43. The van der Waals surface area contributed by atoms with Crippen LogP contribution in [0.1, 0.15) is 29.9 Å². The van der Waals surface area contributed by atoms with E-state index in [-0.39, 0.29) is 25.7 Å². The average molecular weight is 453 g/mol. The molecule has 8 heteroatoms. The number of hydrogen-bond donors (Lipinski definition) is 3. The average Bonchev–Trinajstić information content (AvgIpc) is 3.13. The van der Waals surface area contributed by atoms with E-state index in [0.29, 0.717) is 12.8 Å². The molecule has 0 spiro atoms. The number of fused-ring (bicyclic) bond motifs is 3. The molecule has 3 N–H and O–H groups in total. The van der Waals surface area contributed by atoms with Crippen LogP contribution in [0.5, 0.6) is 0 Å². The Kier molecular flexibility index (Phi) is 8.60. The zero-order valence-corrected chi connectivity index (χ0v) is 18.3. The Hall–Kier alpha value is -3.65. The molecule has 1 atom stereocenters. The van der Waals surface area contributed by atoms with E-state index in [0.717, 1.165) is 22.3 Å². The van der Waals surface area contributed by atoms with Gasteiger partial charge in [0.2, 0.25) is 5.91 Å². The second-order valence-electron chi connectivity index (χ2n) is 7.63. The van der Waals surface area contributed by atoms with Gasteiger partial charge in [-0.3, -0.25) is 4.79 Å². The van der Waals surface area contributed by atoms with Crippen molar-refractivity contribution in [3.63, 3.8) is 0 Å². The molecule has 0 saturated heterocycles. The minimum Gasteiger partial charge on any atom is -0.480 e. The number of carbonyl (C=O) groups is 3. The molecule has 8 nitrogen and oxygen atoms in total. The van der Waals surface area contributed by atoms with E-state index in [2.05, 4.69) is 29.3 Å². The lowest BCUT2D eigenvalue weighted by Gasteiger charge is -2.19. The van der Waals surface area contributed by atoms with Crippen molar-refractivity contribution in [1.82, 2.24) is 10.6 Å². The van der Waals surface area contributed by atoms with Gasteiger partial charge in [-0.2, -0.15) is 0 Å². The highest BCUT2D eigenvalue weighted by molar-refractivity contribution is 5.85. The number of carbonyl (C=O) groups excluding carboxylic acids is 2. The van der Waals surface area contributed by atoms with Crippen LogP contribution in [-0.2, 0) is 19.1 Å². The lowest BCUT2D eigenvalue weighted by molar-refractivity contribution is -0.142. The second-order valence-corrected chi connectivity index (χ2v) is 7.63. The molecule has 2 amide bonds. The Balaban J connectivity index is 1.55. The zero-order valence-electron chi connectivity index (χ0n) is 18.3. The predicted octanol–water partition coefficient (Wildman–Crippen LogP) is 3.08. The van der Waals surface area contributed by atoms with Crippen LogP contribution in [0.15, 0.2) is 61.2 Å². The number of allylic oxidation sites excluding steroid dienone is 1. The van der Waals surface area contributed by atoms with Crippen LogP contribution in [0.2, 0.25) is 0 Å². The van der Waals surface area contributed by atoms with E-state index in [4.69, 9.17) is 14.6 Å². The van der Waals surface area contributed by atoms with Gasteiger partial charge < -0.3 is 25.2 Å². The second kappa shape index (κ2) is 11.8. The van der Waals surface area contributed by atoms with Crippen LogP contribution in [0.3, 0.4) is 0 Å². The molecule has 0 heterocycles. The largest absolute Gasteiger partial charge is 0.480 e. The summed E-state index contributed by atoms with van der Waals surface area (Å²) in [5.41, 5.74) is 4.48. The molecule has 0 aromatic heterocycles. The minimum atomic E-state index is -1.08. The molecule has 2 aromatic carbocycles. The first-order valence-corrected chi connectivity index (χ1v) is 10.8. The first-order chi connectivity index (χ1) is 16.0. The van der Waals surface area contributed by atoms with E-state index in [1.54, 1.807) is 6.08 Å². The lowest BCUT2D eigenvalue weighted by atomic mass is 9.98. The predicted molar refractivity (Wildman–Crippen MR) is 123 cm³/mol. The molecule has 33 heavy (non-hydrogen) atoms. The number of benzene rings is 2. The maximum absolute atomic E-state index is 12.5. The summed E-state index contributed by atoms with van der Waals surface area (Å²) in [6.07, 6.45) is 1.87. The quantitative estimate of drug-likeness (QED) is 0.337. The molecule has 2 aromatic rings. The number of amides is 2. The maximum atomic E-state index is 12.5. The minimum absolute atomic E-state index is 0.0527. The third-order valence-corrected chi connectivity index (χ3v) is 5.38. The summed E-state index contributed by atoms with van der Waals surface area (Å²) in [6.45, 7) is 3.55. The Morgan fingerprint density at radius 2 is 1.70 bits per heavy atom. The van der Waals surface area contributed by atoms with E-state index < -0.39 is 30.6 Å². The molecule has 1 aliphatic carbocycles. The van der Waals surface area contributed by atoms with Crippen molar-refractivity contribution in [2.24, 2.45) is 0 Å². The van der Waals surface area contributed by atoms with Gasteiger partial charge in [-0.15, -0.1) is 6.58 Å². The van der Waals surface area contributed by atoms with Crippen LogP contribution in [0, 0.1) is 0 Å². The van der Waals surface area contributed by atoms with Gasteiger partial charge in [-0.05, 0) is 35.1 Å². The smallest absolute Gasteiger partial charge is 0.407 e. The summed E-state index contributed by atoms with van der Waals surface area (Å²) in [7, 11) is 0. The number of alkyl carbamates (subject to hydrolysis) is 1. The number of aliphatic carboxylic acids is 1. The zero-order chi connectivity index (χ0) is 23.6. The van der Waals surface area contributed by atoms with Crippen LogP contribution < -0.4 is 10.6 Å². The van der Waals surface area contributed by atoms with Crippen molar-refractivity contribution in [3.8, 4) is 11.1 Å². The summed E-state index contributed by atoms with van der Waals surface area (Å²) in [6, 6.07) is 15.3. The maximum Gasteiger partial charge on any atom is 0.407 e. The molecule has 0 fully saturated rings. The van der Waals surface area contributed by atoms with Crippen molar-refractivity contribution < 1.29 is 29.0 Å². The summed E-state index contributed by atoms with van der Waals surface area (Å²) in [5, 5.41) is 13.8. The number of ether oxygens (including phenoxy) is 2.